The van der Waals surface area contributed by atoms with E-state index in [2.05, 4.69) is 62.2 Å². The molecule has 0 aliphatic carbocycles. The van der Waals surface area contributed by atoms with E-state index in [0.29, 0.717) is 12.0 Å². The standard InChI is InChI=1S/C19H33N7/c1-6-9-26-15(2)21-22-18(26)13-23(3)12-16-8-7-10-24(4)19(16)17-11-20-14-25(17)5/h11,14,16,19H,6-10,12-13H2,1-5H3/t16-,19+/m0/s1. The van der Waals surface area contributed by atoms with Crippen LogP contribution in [0.2, 0.25) is 0 Å². The molecule has 2 atom stereocenters. The minimum absolute atomic E-state index is 0.425. The molecule has 0 spiro atoms. The lowest BCUT2D eigenvalue weighted by molar-refractivity contribution is 0.0870. The molecule has 0 radical (unpaired) electrons. The summed E-state index contributed by atoms with van der Waals surface area (Å²) in [6.45, 7) is 8.28. The van der Waals surface area contributed by atoms with E-state index < -0.39 is 0 Å². The lowest BCUT2D eigenvalue weighted by atomic mass is 9.87. The Morgan fingerprint density at radius 2 is 2.08 bits per heavy atom. The van der Waals surface area contributed by atoms with Crippen molar-refractivity contribution in [2.24, 2.45) is 13.0 Å². The van der Waals surface area contributed by atoms with E-state index in [1.165, 1.54) is 18.5 Å². The number of nitrogens with zero attached hydrogens (tertiary/aromatic N) is 7. The molecule has 3 rings (SSSR count). The first-order chi connectivity index (χ1) is 12.5. The number of piperidine rings is 1. The number of aryl methyl sites for hydroxylation is 2. The third-order valence-electron chi connectivity index (χ3n) is 5.58. The fraction of sp³-hybridized carbons (Fsp3) is 0.737. The van der Waals surface area contributed by atoms with Gasteiger partial charge in [-0.1, -0.05) is 6.92 Å². The van der Waals surface area contributed by atoms with Crippen LogP contribution in [0.25, 0.3) is 0 Å². The molecule has 0 N–H and O–H groups in total. The molecular weight excluding hydrogens is 326 g/mol. The first kappa shape index (κ1) is 19.0. The highest BCUT2D eigenvalue weighted by Gasteiger charge is 2.33. The highest BCUT2D eigenvalue weighted by Crippen LogP contribution is 2.35. The molecule has 0 amide bonds. The average molecular weight is 360 g/mol. The van der Waals surface area contributed by atoms with Gasteiger partial charge in [0.05, 0.1) is 24.6 Å². The van der Waals surface area contributed by atoms with Crippen LogP contribution in [0.15, 0.2) is 12.5 Å². The van der Waals surface area contributed by atoms with Crippen molar-refractivity contribution in [3.8, 4) is 0 Å². The summed E-state index contributed by atoms with van der Waals surface area (Å²) >= 11 is 0. The van der Waals surface area contributed by atoms with Crippen molar-refractivity contribution >= 4 is 0 Å². The summed E-state index contributed by atoms with van der Waals surface area (Å²) in [5.74, 6) is 2.69. The van der Waals surface area contributed by atoms with Gasteiger partial charge in [-0.05, 0) is 52.7 Å². The van der Waals surface area contributed by atoms with Gasteiger partial charge in [0.2, 0.25) is 0 Å². The van der Waals surface area contributed by atoms with Crippen molar-refractivity contribution in [2.75, 3.05) is 27.2 Å². The van der Waals surface area contributed by atoms with Gasteiger partial charge in [-0.15, -0.1) is 10.2 Å². The van der Waals surface area contributed by atoms with Gasteiger partial charge in [0.25, 0.3) is 0 Å². The van der Waals surface area contributed by atoms with E-state index >= 15 is 0 Å². The molecule has 2 aromatic heterocycles. The molecule has 0 unspecified atom stereocenters. The molecule has 0 aromatic carbocycles. The van der Waals surface area contributed by atoms with Crippen molar-refractivity contribution < 1.29 is 0 Å². The van der Waals surface area contributed by atoms with Crippen LogP contribution in [0.4, 0.5) is 0 Å². The van der Waals surface area contributed by atoms with Crippen molar-refractivity contribution in [1.82, 2.24) is 34.1 Å². The van der Waals surface area contributed by atoms with Crippen LogP contribution >= 0.6 is 0 Å². The summed E-state index contributed by atoms with van der Waals surface area (Å²) in [4.78, 5) is 9.24. The zero-order chi connectivity index (χ0) is 18.7. The minimum atomic E-state index is 0.425. The van der Waals surface area contributed by atoms with Gasteiger partial charge in [-0.3, -0.25) is 9.80 Å². The van der Waals surface area contributed by atoms with Crippen LogP contribution in [0.3, 0.4) is 0 Å². The molecule has 26 heavy (non-hydrogen) atoms. The predicted octanol–water partition coefficient (Wildman–Crippen LogP) is 2.24. The number of hydrogen-bond acceptors (Lipinski definition) is 5. The highest BCUT2D eigenvalue weighted by molar-refractivity contribution is 5.09. The minimum Gasteiger partial charge on any atom is -0.336 e. The van der Waals surface area contributed by atoms with Gasteiger partial charge in [0, 0.05) is 26.3 Å². The summed E-state index contributed by atoms with van der Waals surface area (Å²) in [7, 11) is 6.54. The van der Waals surface area contributed by atoms with Gasteiger partial charge in [-0.25, -0.2) is 4.98 Å². The number of aromatic nitrogens is 5. The molecule has 3 heterocycles. The fourth-order valence-electron chi connectivity index (χ4n) is 4.33. The maximum atomic E-state index is 4.41. The number of imidazole rings is 1. The summed E-state index contributed by atoms with van der Waals surface area (Å²) in [5.41, 5.74) is 1.32. The predicted molar refractivity (Wildman–Crippen MR) is 103 cm³/mol. The second kappa shape index (κ2) is 8.31. The average Bonchev–Trinajstić information content (AvgIpc) is 3.16. The second-order valence-electron chi connectivity index (χ2n) is 7.77. The van der Waals surface area contributed by atoms with Gasteiger partial charge in [0.15, 0.2) is 0 Å². The molecular formula is C19H33N7. The van der Waals surface area contributed by atoms with Crippen molar-refractivity contribution in [3.05, 3.63) is 29.9 Å². The Kier molecular flexibility index (Phi) is 6.09. The first-order valence-electron chi connectivity index (χ1n) is 9.75. The molecule has 0 bridgehead atoms. The smallest absolute Gasteiger partial charge is 0.147 e. The number of hydrogen-bond donors (Lipinski definition) is 0. The van der Waals surface area contributed by atoms with Crippen LogP contribution in [0.1, 0.15) is 49.6 Å². The first-order valence-corrected chi connectivity index (χ1v) is 9.75. The van der Waals surface area contributed by atoms with E-state index in [4.69, 9.17) is 0 Å². The fourth-order valence-corrected chi connectivity index (χ4v) is 4.33. The molecule has 7 heteroatoms. The molecule has 144 valence electrons. The molecule has 0 saturated carbocycles. The molecule has 1 aliphatic heterocycles. The van der Waals surface area contributed by atoms with E-state index in [1.807, 2.05) is 19.4 Å². The van der Waals surface area contributed by atoms with Crippen LogP contribution in [-0.2, 0) is 20.1 Å². The molecule has 1 aliphatic rings. The molecule has 1 fully saturated rings. The Morgan fingerprint density at radius 3 is 2.77 bits per heavy atom. The zero-order valence-corrected chi connectivity index (χ0v) is 16.9. The largest absolute Gasteiger partial charge is 0.336 e. The van der Waals surface area contributed by atoms with E-state index in [-0.39, 0.29) is 0 Å². The third kappa shape index (κ3) is 3.99. The van der Waals surface area contributed by atoms with Crippen molar-refractivity contribution in [2.45, 2.75) is 52.2 Å². The van der Waals surface area contributed by atoms with Gasteiger partial charge < -0.3 is 9.13 Å². The summed E-state index contributed by atoms with van der Waals surface area (Å²) < 4.78 is 4.42. The van der Waals surface area contributed by atoms with Crippen LogP contribution in [0.5, 0.6) is 0 Å². The van der Waals surface area contributed by atoms with Gasteiger partial charge in [-0.2, -0.15) is 0 Å². The quantitative estimate of drug-likeness (QED) is 0.759. The molecule has 1 saturated heterocycles. The maximum absolute atomic E-state index is 4.41. The summed E-state index contributed by atoms with van der Waals surface area (Å²) in [6, 6.07) is 0.425. The maximum Gasteiger partial charge on any atom is 0.147 e. The Bertz CT molecular complexity index is 705. The van der Waals surface area contributed by atoms with Crippen LogP contribution in [-0.4, -0.2) is 61.3 Å². The normalized spacial score (nSPS) is 21.6. The molecule has 2 aromatic rings. The lowest BCUT2D eigenvalue weighted by Gasteiger charge is -2.40. The van der Waals surface area contributed by atoms with Gasteiger partial charge >= 0.3 is 0 Å². The highest BCUT2D eigenvalue weighted by atomic mass is 15.3. The third-order valence-corrected chi connectivity index (χ3v) is 5.58. The van der Waals surface area contributed by atoms with Crippen LogP contribution in [0, 0.1) is 12.8 Å². The second-order valence-corrected chi connectivity index (χ2v) is 7.77. The Hall–Kier alpha value is -1.73. The zero-order valence-electron chi connectivity index (χ0n) is 16.9. The molecule has 7 nitrogen and oxygen atoms in total. The van der Waals surface area contributed by atoms with E-state index in [0.717, 1.165) is 44.2 Å². The Labute approximate surface area is 157 Å². The topological polar surface area (TPSA) is 55.0 Å². The van der Waals surface area contributed by atoms with E-state index in [9.17, 15) is 0 Å². The summed E-state index contributed by atoms with van der Waals surface area (Å²) in [6.07, 6.45) is 7.56. The summed E-state index contributed by atoms with van der Waals surface area (Å²) in [5, 5.41) is 8.69. The number of rotatable bonds is 7. The Morgan fingerprint density at radius 1 is 1.27 bits per heavy atom. The number of likely N-dealkylation sites (tertiary alicyclic amines) is 1. The Balaban J connectivity index is 1.71. The van der Waals surface area contributed by atoms with Crippen molar-refractivity contribution in [1.29, 1.82) is 0 Å². The van der Waals surface area contributed by atoms with Gasteiger partial charge in [0.1, 0.15) is 11.6 Å². The monoisotopic (exact) mass is 359 g/mol. The lowest BCUT2D eigenvalue weighted by Crippen LogP contribution is -2.41. The SMILES string of the molecule is CCCn1c(C)nnc1CN(C)C[C@@H]1CCCN(C)[C@H]1c1cncn1C. The van der Waals surface area contributed by atoms with Crippen molar-refractivity contribution in [3.63, 3.8) is 0 Å². The van der Waals surface area contributed by atoms with E-state index in [1.54, 1.807) is 0 Å². The van der Waals surface area contributed by atoms with Crippen LogP contribution < -0.4 is 0 Å².